The standard InChI is InChI=1S/C12H17NO5S/c1-4-19(15,16)13(9-12(14)18-3)10-7-5-6-8-11(10)17-2/h5-8H,4,9H2,1-3H3. The molecule has 0 unspecified atom stereocenters. The molecule has 1 aromatic carbocycles. The quantitative estimate of drug-likeness (QED) is 0.730. The third-order valence-electron chi connectivity index (χ3n) is 2.55. The van der Waals surface area contributed by atoms with Crippen molar-refractivity contribution in [1.29, 1.82) is 0 Å². The molecule has 0 N–H and O–H groups in total. The molecule has 0 spiro atoms. The Hall–Kier alpha value is -1.76. The lowest BCUT2D eigenvalue weighted by Crippen LogP contribution is -2.37. The van der Waals surface area contributed by atoms with Gasteiger partial charge >= 0.3 is 5.97 Å². The average molecular weight is 287 g/mol. The van der Waals surface area contributed by atoms with Crippen LogP contribution < -0.4 is 9.04 Å². The van der Waals surface area contributed by atoms with Gasteiger partial charge in [0.25, 0.3) is 0 Å². The summed E-state index contributed by atoms with van der Waals surface area (Å²) in [4.78, 5) is 11.4. The first-order valence-electron chi connectivity index (χ1n) is 5.66. The lowest BCUT2D eigenvalue weighted by Gasteiger charge is -2.24. The van der Waals surface area contributed by atoms with Crippen molar-refractivity contribution in [2.24, 2.45) is 0 Å². The second-order valence-electron chi connectivity index (χ2n) is 3.66. The number of para-hydroxylation sites is 2. The summed E-state index contributed by atoms with van der Waals surface area (Å²) < 4.78 is 34.8. The molecule has 1 aromatic rings. The number of sulfonamides is 1. The van der Waals surface area contributed by atoms with E-state index in [9.17, 15) is 13.2 Å². The van der Waals surface area contributed by atoms with E-state index in [4.69, 9.17) is 4.74 Å². The predicted molar refractivity (Wildman–Crippen MR) is 71.8 cm³/mol. The van der Waals surface area contributed by atoms with Gasteiger partial charge in [-0.15, -0.1) is 0 Å². The van der Waals surface area contributed by atoms with Gasteiger partial charge in [0.1, 0.15) is 12.3 Å². The van der Waals surface area contributed by atoms with E-state index in [2.05, 4.69) is 4.74 Å². The third kappa shape index (κ3) is 3.60. The largest absolute Gasteiger partial charge is 0.495 e. The number of carbonyl (C=O) groups excluding carboxylic acids is 1. The molecule has 7 heteroatoms. The number of hydrogen-bond donors (Lipinski definition) is 0. The zero-order valence-electron chi connectivity index (χ0n) is 11.1. The fourth-order valence-corrected chi connectivity index (χ4v) is 2.57. The summed E-state index contributed by atoms with van der Waals surface area (Å²) in [7, 11) is -0.951. The van der Waals surface area contributed by atoms with E-state index >= 15 is 0 Å². The summed E-state index contributed by atoms with van der Waals surface area (Å²) in [5.74, 6) is -0.381. The van der Waals surface area contributed by atoms with Crippen LogP contribution in [0.3, 0.4) is 0 Å². The predicted octanol–water partition coefficient (Wildman–Crippen LogP) is 1.02. The summed E-state index contributed by atoms with van der Waals surface area (Å²) in [6.07, 6.45) is 0. The van der Waals surface area contributed by atoms with E-state index in [0.717, 1.165) is 4.31 Å². The molecular weight excluding hydrogens is 270 g/mol. The Morgan fingerprint density at radius 1 is 1.26 bits per heavy atom. The number of methoxy groups -OCH3 is 2. The van der Waals surface area contributed by atoms with Crippen molar-refractivity contribution in [3.8, 4) is 5.75 Å². The van der Waals surface area contributed by atoms with Gasteiger partial charge in [-0.1, -0.05) is 12.1 Å². The maximum absolute atomic E-state index is 12.1. The fraction of sp³-hybridized carbons (Fsp3) is 0.417. The van der Waals surface area contributed by atoms with Gasteiger partial charge in [-0.05, 0) is 19.1 Å². The van der Waals surface area contributed by atoms with Gasteiger partial charge < -0.3 is 9.47 Å². The Bertz CT molecular complexity index is 541. The summed E-state index contributed by atoms with van der Waals surface area (Å²) in [5, 5.41) is 0. The van der Waals surface area contributed by atoms with Crippen LogP contribution in [0.2, 0.25) is 0 Å². The molecule has 0 fully saturated rings. The molecule has 0 bridgehead atoms. The molecule has 0 saturated carbocycles. The second-order valence-corrected chi connectivity index (χ2v) is 5.84. The fourth-order valence-electron chi connectivity index (χ4n) is 1.51. The van der Waals surface area contributed by atoms with Gasteiger partial charge in [-0.25, -0.2) is 8.42 Å². The molecule has 0 amide bonds. The first-order valence-corrected chi connectivity index (χ1v) is 7.27. The highest BCUT2D eigenvalue weighted by molar-refractivity contribution is 7.92. The molecule has 0 aliphatic rings. The van der Waals surface area contributed by atoms with Crippen molar-refractivity contribution in [1.82, 2.24) is 0 Å². The number of benzene rings is 1. The van der Waals surface area contributed by atoms with E-state index in [-0.39, 0.29) is 12.3 Å². The van der Waals surface area contributed by atoms with Gasteiger partial charge in [0, 0.05) is 0 Å². The second kappa shape index (κ2) is 6.42. The lowest BCUT2D eigenvalue weighted by molar-refractivity contribution is -0.138. The summed E-state index contributed by atoms with van der Waals surface area (Å²) in [6, 6.07) is 6.60. The number of esters is 1. The topological polar surface area (TPSA) is 72.9 Å². The highest BCUT2D eigenvalue weighted by Gasteiger charge is 2.26. The molecule has 106 valence electrons. The Balaban J connectivity index is 3.27. The zero-order chi connectivity index (χ0) is 14.5. The van der Waals surface area contributed by atoms with Crippen molar-refractivity contribution >= 4 is 21.7 Å². The van der Waals surface area contributed by atoms with Gasteiger partial charge in [0.05, 0.1) is 25.7 Å². The average Bonchev–Trinajstić information content (AvgIpc) is 2.44. The monoisotopic (exact) mass is 287 g/mol. The van der Waals surface area contributed by atoms with E-state index in [0.29, 0.717) is 11.4 Å². The first-order chi connectivity index (χ1) is 8.96. The van der Waals surface area contributed by atoms with E-state index < -0.39 is 16.0 Å². The number of nitrogens with zero attached hydrogens (tertiary/aromatic N) is 1. The van der Waals surface area contributed by atoms with Gasteiger partial charge in [-0.3, -0.25) is 9.10 Å². The normalized spacial score (nSPS) is 10.9. The van der Waals surface area contributed by atoms with E-state index in [1.54, 1.807) is 24.3 Å². The van der Waals surface area contributed by atoms with Crippen LogP contribution >= 0.6 is 0 Å². The van der Waals surface area contributed by atoms with Crippen LogP contribution in [-0.2, 0) is 19.6 Å². The minimum atomic E-state index is -3.60. The molecular formula is C12H17NO5S. The summed E-state index contributed by atoms with van der Waals surface area (Å²) >= 11 is 0. The smallest absolute Gasteiger partial charge is 0.326 e. The van der Waals surface area contributed by atoms with Crippen LogP contribution in [0.4, 0.5) is 5.69 Å². The molecule has 6 nitrogen and oxygen atoms in total. The van der Waals surface area contributed by atoms with Gasteiger partial charge in [0.2, 0.25) is 10.0 Å². The zero-order valence-corrected chi connectivity index (χ0v) is 11.9. The van der Waals surface area contributed by atoms with Crippen molar-refractivity contribution in [2.75, 3.05) is 30.8 Å². The summed E-state index contributed by atoms with van der Waals surface area (Å²) in [6.45, 7) is 1.13. The molecule has 1 rings (SSSR count). The molecule has 0 heterocycles. The molecule has 0 atom stereocenters. The van der Waals surface area contributed by atoms with Crippen LogP contribution in [0.25, 0.3) is 0 Å². The minimum absolute atomic E-state index is 0.123. The number of hydrogen-bond acceptors (Lipinski definition) is 5. The number of ether oxygens (including phenoxy) is 2. The lowest BCUT2D eigenvalue weighted by atomic mass is 10.3. The van der Waals surface area contributed by atoms with Gasteiger partial charge in [-0.2, -0.15) is 0 Å². The van der Waals surface area contributed by atoms with Crippen LogP contribution in [0.5, 0.6) is 5.75 Å². The Morgan fingerprint density at radius 3 is 2.42 bits per heavy atom. The molecule has 0 saturated heterocycles. The molecule has 0 aromatic heterocycles. The molecule has 0 aliphatic carbocycles. The number of carbonyl (C=O) groups is 1. The molecule has 0 radical (unpaired) electrons. The van der Waals surface area contributed by atoms with E-state index in [1.807, 2.05) is 0 Å². The summed E-state index contributed by atoms with van der Waals surface area (Å²) in [5.41, 5.74) is 0.317. The molecule has 19 heavy (non-hydrogen) atoms. The highest BCUT2D eigenvalue weighted by Crippen LogP contribution is 2.29. The number of rotatable bonds is 6. The van der Waals surface area contributed by atoms with E-state index in [1.165, 1.54) is 21.1 Å². The van der Waals surface area contributed by atoms with Crippen molar-refractivity contribution in [2.45, 2.75) is 6.92 Å². The maximum atomic E-state index is 12.1. The maximum Gasteiger partial charge on any atom is 0.326 e. The van der Waals surface area contributed by atoms with Crippen LogP contribution in [0.15, 0.2) is 24.3 Å². The Morgan fingerprint density at radius 2 is 1.89 bits per heavy atom. The minimum Gasteiger partial charge on any atom is -0.495 e. The van der Waals surface area contributed by atoms with Crippen molar-refractivity contribution < 1.29 is 22.7 Å². The first kappa shape index (κ1) is 15.3. The third-order valence-corrected chi connectivity index (χ3v) is 4.28. The van der Waals surface area contributed by atoms with Gasteiger partial charge in [0.15, 0.2) is 0 Å². The molecule has 0 aliphatic heterocycles. The van der Waals surface area contributed by atoms with Crippen molar-refractivity contribution in [3.63, 3.8) is 0 Å². The van der Waals surface area contributed by atoms with Crippen LogP contribution in [0.1, 0.15) is 6.92 Å². The van der Waals surface area contributed by atoms with Crippen LogP contribution in [-0.4, -0.2) is 40.9 Å². The highest BCUT2D eigenvalue weighted by atomic mass is 32.2. The van der Waals surface area contributed by atoms with Crippen molar-refractivity contribution in [3.05, 3.63) is 24.3 Å². The Labute approximate surface area is 113 Å². The van der Waals surface area contributed by atoms with Crippen LogP contribution in [0, 0.1) is 0 Å². The Kier molecular flexibility index (Phi) is 5.17. The SMILES string of the molecule is CCS(=O)(=O)N(CC(=O)OC)c1ccccc1OC. The number of anilines is 1.